The molecule has 21 heavy (non-hydrogen) atoms. The first-order valence-corrected chi connectivity index (χ1v) is 7.38. The predicted octanol–water partition coefficient (Wildman–Crippen LogP) is 3.11. The molecule has 1 heterocycles. The van der Waals surface area contributed by atoms with Crippen molar-refractivity contribution in [3.63, 3.8) is 0 Å². The molecule has 3 N–H and O–H groups in total. The second kappa shape index (κ2) is 6.41. The van der Waals surface area contributed by atoms with Crippen LogP contribution in [-0.2, 0) is 6.42 Å². The Morgan fingerprint density at radius 2 is 1.90 bits per heavy atom. The highest BCUT2D eigenvalue weighted by molar-refractivity contribution is 6.31. The summed E-state index contributed by atoms with van der Waals surface area (Å²) in [4.78, 5) is 0. The van der Waals surface area contributed by atoms with E-state index < -0.39 is 0 Å². The molecule has 114 valence electrons. The number of hydrogen-bond acceptors (Lipinski definition) is 4. The van der Waals surface area contributed by atoms with Crippen LogP contribution in [0.5, 0.6) is 5.75 Å². The average Bonchev–Trinajstić information content (AvgIpc) is 2.42. The maximum atomic E-state index is 6.28. The van der Waals surface area contributed by atoms with Crippen LogP contribution in [0.1, 0.15) is 26.3 Å². The van der Waals surface area contributed by atoms with Crippen LogP contribution in [0.25, 0.3) is 0 Å². The summed E-state index contributed by atoms with van der Waals surface area (Å²) in [7, 11) is 0. The van der Waals surface area contributed by atoms with E-state index in [4.69, 9.17) is 22.1 Å². The van der Waals surface area contributed by atoms with Crippen LogP contribution >= 0.6 is 11.6 Å². The van der Waals surface area contributed by atoms with E-state index in [0.29, 0.717) is 17.3 Å². The number of halogens is 1. The standard InChI is InChI=1S/C16H22ClN3O/c1-16(2,3)20-11-14(17)15(10-19-20)21-13-6-4-12(5-7-13)8-9-18/h4-7,10-11,19H,8-9,18H2,1-3H3. The summed E-state index contributed by atoms with van der Waals surface area (Å²) in [6, 6.07) is 7.87. The van der Waals surface area contributed by atoms with Crippen LogP contribution < -0.4 is 15.9 Å². The predicted molar refractivity (Wildman–Crippen MR) is 86.6 cm³/mol. The van der Waals surface area contributed by atoms with Gasteiger partial charge in [0.25, 0.3) is 0 Å². The van der Waals surface area contributed by atoms with E-state index in [0.717, 1.165) is 12.2 Å². The summed E-state index contributed by atoms with van der Waals surface area (Å²) in [5.74, 6) is 1.35. The highest BCUT2D eigenvalue weighted by Gasteiger charge is 2.22. The summed E-state index contributed by atoms with van der Waals surface area (Å²) in [6.07, 6.45) is 4.47. The molecular weight excluding hydrogens is 286 g/mol. The molecule has 0 saturated carbocycles. The lowest BCUT2D eigenvalue weighted by Gasteiger charge is -2.36. The Bertz CT molecular complexity index is 544. The quantitative estimate of drug-likeness (QED) is 0.897. The molecule has 0 unspecified atom stereocenters. The van der Waals surface area contributed by atoms with E-state index in [2.05, 4.69) is 26.2 Å². The van der Waals surface area contributed by atoms with Crippen LogP contribution in [0, 0.1) is 0 Å². The number of benzene rings is 1. The molecule has 0 aromatic heterocycles. The number of rotatable bonds is 4. The van der Waals surface area contributed by atoms with Crippen molar-refractivity contribution in [2.45, 2.75) is 32.7 Å². The second-order valence-corrected chi connectivity index (χ2v) is 6.35. The Kier molecular flexibility index (Phi) is 4.80. The lowest BCUT2D eigenvalue weighted by atomic mass is 10.1. The van der Waals surface area contributed by atoms with Crippen LogP contribution in [0.3, 0.4) is 0 Å². The lowest BCUT2D eigenvalue weighted by Crippen LogP contribution is -2.46. The largest absolute Gasteiger partial charge is 0.454 e. The maximum absolute atomic E-state index is 6.28. The highest BCUT2D eigenvalue weighted by Crippen LogP contribution is 2.26. The molecule has 0 amide bonds. The lowest BCUT2D eigenvalue weighted by molar-refractivity contribution is 0.154. The molecule has 0 radical (unpaired) electrons. The zero-order chi connectivity index (χ0) is 15.5. The average molecular weight is 308 g/mol. The smallest absolute Gasteiger partial charge is 0.165 e. The van der Waals surface area contributed by atoms with Gasteiger partial charge in [0.1, 0.15) is 10.8 Å². The third-order valence-corrected chi connectivity index (χ3v) is 3.40. The number of nitrogens with two attached hydrogens (primary N) is 1. The van der Waals surface area contributed by atoms with Gasteiger partial charge in [-0.1, -0.05) is 23.7 Å². The first-order valence-electron chi connectivity index (χ1n) is 7.00. The monoisotopic (exact) mass is 307 g/mol. The van der Waals surface area contributed by atoms with E-state index in [9.17, 15) is 0 Å². The molecule has 1 aromatic rings. The van der Waals surface area contributed by atoms with Crippen LogP contribution in [0.4, 0.5) is 0 Å². The van der Waals surface area contributed by atoms with Gasteiger partial charge in [0.05, 0.1) is 11.7 Å². The molecule has 0 fully saturated rings. The first-order chi connectivity index (χ1) is 9.90. The Hall–Kier alpha value is -1.65. The van der Waals surface area contributed by atoms with E-state index in [1.54, 1.807) is 6.20 Å². The van der Waals surface area contributed by atoms with Crippen LogP contribution in [0.2, 0.25) is 0 Å². The summed E-state index contributed by atoms with van der Waals surface area (Å²) in [5, 5.41) is 2.50. The number of hydrazine groups is 1. The molecule has 1 aliphatic rings. The molecule has 0 atom stereocenters. The molecule has 1 aliphatic heterocycles. The van der Waals surface area contributed by atoms with Gasteiger partial charge in [0.2, 0.25) is 0 Å². The van der Waals surface area contributed by atoms with Gasteiger partial charge in [-0.3, -0.25) is 5.01 Å². The van der Waals surface area contributed by atoms with Crippen molar-refractivity contribution < 1.29 is 4.74 Å². The number of allylic oxidation sites excluding steroid dienone is 1. The summed E-state index contributed by atoms with van der Waals surface area (Å²) < 4.78 is 5.80. The SMILES string of the molecule is CC(C)(C)N1C=C(Cl)C(Oc2ccc(CCN)cc2)=CN1. The van der Waals surface area contributed by atoms with Gasteiger partial charge < -0.3 is 15.9 Å². The second-order valence-electron chi connectivity index (χ2n) is 5.94. The molecule has 1 aromatic carbocycles. The summed E-state index contributed by atoms with van der Waals surface area (Å²) in [5.41, 5.74) is 9.83. The van der Waals surface area contributed by atoms with Gasteiger partial charge in [-0.05, 0) is 51.4 Å². The summed E-state index contributed by atoms with van der Waals surface area (Å²) >= 11 is 6.28. The Morgan fingerprint density at radius 3 is 2.43 bits per heavy atom. The zero-order valence-corrected chi connectivity index (χ0v) is 13.4. The van der Waals surface area contributed by atoms with Gasteiger partial charge in [-0.2, -0.15) is 0 Å². The highest BCUT2D eigenvalue weighted by atomic mass is 35.5. The molecule has 0 aliphatic carbocycles. The van der Waals surface area contributed by atoms with E-state index in [-0.39, 0.29) is 5.54 Å². The van der Waals surface area contributed by atoms with Crippen molar-refractivity contribution in [2.24, 2.45) is 5.73 Å². The van der Waals surface area contributed by atoms with E-state index in [1.807, 2.05) is 35.5 Å². The molecular formula is C16H22ClN3O. The fourth-order valence-electron chi connectivity index (χ4n) is 1.89. The van der Waals surface area contributed by atoms with Gasteiger partial charge in [-0.15, -0.1) is 0 Å². The molecule has 0 saturated heterocycles. The normalized spacial score (nSPS) is 15.2. The van der Waals surface area contributed by atoms with Crippen molar-refractivity contribution >= 4 is 11.6 Å². The van der Waals surface area contributed by atoms with E-state index >= 15 is 0 Å². The Balaban J connectivity index is 2.04. The fraction of sp³-hybridized carbons (Fsp3) is 0.375. The van der Waals surface area contributed by atoms with Gasteiger partial charge in [0, 0.05) is 6.20 Å². The van der Waals surface area contributed by atoms with Crippen molar-refractivity contribution in [1.29, 1.82) is 0 Å². The maximum Gasteiger partial charge on any atom is 0.165 e. The Labute approximate surface area is 131 Å². The minimum Gasteiger partial charge on any atom is -0.454 e. The number of nitrogens with zero attached hydrogens (tertiary/aromatic N) is 1. The van der Waals surface area contributed by atoms with Gasteiger partial charge >= 0.3 is 0 Å². The minimum absolute atomic E-state index is 0.0635. The first kappa shape index (κ1) is 15.7. The Morgan fingerprint density at radius 1 is 1.24 bits per heavy atom. The topological polar surface area (TPSA) is 50.5 Å². The molecule has 5 heteroatoms. The zero-order valence-electron chi connectivity index (χ0n) is 12.7. The summed E-state index contributed by atoms with van der Waals surface area (Å²) in [6.45, 7) is 6.93. The number of ether oxygens (including phenoxy) is 1. The van der Waals surface area contributed by atoms with Crippen molar-refractivity contribution in [2.75, 3.05) is 6.54 Å². The minimum atomic E-state index is -0.0635. The van der Waals surface area contributed by atoms with E-state index in [1.165, 1.54) is 5.56 Å². The van der Waals surface area contributed by atoms with Crippen LogP contribution in [-0.4, -0.2) is 17.1 Å². The van der Waals surface area contributed by atoms with Crippen molar-refractivity contribution in [3.8, 4) is 5.75 Å². The number of nitrogens with one attached hydrogen (secondary N) is 1. The number of hydrogen-bond donors (Lipinski definition) is 2. The molecule has 4 nitrogen and oxygen atoms in total. The molecule has 0 bridgehead atoms. The molecule has 0 spiro atoms. The fourth-order valence-corrected chi connectivity index (χ4v) is 2.09. The third kappa shape index (κ3) is 4.16. The van der Waals surface area contributed by atoms with Crippen molar-refractivity contribution in [1.82, 2.24) is 10.4 Å². The van der Waals surface area contributed by atoms with Gasteiger partial charge in [-0.25, -0.2) is 0 Å². The molecule has 2 rings (SSSR count). The van der Waals surface area contributed by atoms with Gasteiger partial charge in [0.15, 0.2) is 5.76 Å². The third-order valence-electron chi connectivity index (χ3n) is 3.12. The van der Waals surface area contributed by atoms with Crippen molar-refractivity contribution in [3.05, 3.63) is 53.0 Å². The van der Waals surface area contributed by atoms with Crippen LogP contribution in [0.15, 0.2) is 47.5 Å².